The van der Waals surface area contributed by atoms with E-state index in [2.05, 4.69) is 115 Å². The summed E-state index contributed by atoms with van der Waals surface area (Å²) < 4.78 is 7.82. The molecule has 1 spiro atoms. The lowest BCUT2D eigenvalue weighted by atomic mass is 9.74. The molecular formula is C34H34IN3O2. The molecule has 0 saturated carbocycles. The van der Waals surface area contributed by atoms with Gasteiger partial charge in [0, 0.05) is 75.5 Å². The van der Waals surface area contributed by atoms with Crippen molar-refractivity contribution in [1.29, 1.82) is 0 Å². The molecule has 4 aromatic carbocycles. The minimum Gasteiger partial charge on any atom is -0.456 e. The second-order valence-corrected chi connectivity index (χ2v) is 11.3. The first-order valence-corrected chi connectivity index (χ1v) is 15.2. The van der Waals surface area contributed by atoms with Crippen LogP contribution < -0.4 is 19.4 Å². The van der Waals surface area contributed by atoms with E-state index in [1.54, 1.807) is 0 Å². The summed E-state index contributed by atoms with van der Waals surface area (Å²) >= 11 is 2.35. The molecule has 4 aromatic rings. The number of hydrogen-bond donors (Lipinski definition) is 0. The normalized spacial score (nSPS) is 14.4. The van der Waals surface area contributed by atoms with Gasteiger partial charge in [0.25, 0.3) is 5.91 Å². The van der Waals surface area contributed by atoms with Crippen molar-refractivity contribution in [2.75, 3.05) is 40.9 Å². The van der Waals surface area contributed by atoms with Crippen LogP contribution in [-0.2, 0) is 5.54 Å². The van der Waals surface area contributed by atoms with E-state index in [0.29, 0.717) is 0 Å². The van der Waals surface area contributed by atoms with E-state index in [4.69, 9.17) is 4.74 Å². The molecule has 0 atom stereocenters. The number of carbonyl (C=O) groups excluding carboxylic acids is 1. The van der Waals surface area contributed by atoms with Gasteiger partial charge in [-0.2, -0.15) is 0 Å². The Balaban J connectivity index is 1.71. The number of rotatable bonds is 7. The first-order chi connectivity index (χ1) is 19.5. The lowest BCUT2D eigenvalue weighted by molar-refractivity contribution is 0.0985. The van der Waals surface area contributed by atoms with Gasteiger partial charge in [0.05, 0.1) is 5.69 Å². The maximum absolute atomic E-state index is 14.4. The fourth-order valence-electron chi connectivity index (χ4n) is 6.46. The standard InChI is InChI=1S/C34H34IN3O2/c1-5-36(6-2)23-17-19-27-31(21-23)40-32-22-24(37(7-3)8-4)18-20-28(32)34(27)26-14-10-9-13-25(26)33(39)38(34)30-16-12-11-15-29(30)35/h9-22H,5-8H2,1-4H3. The quantitative estimate of drug-likeness (QED) is 0.191. The summed E-state index contributed by atoms with van der Waals surface area (Å²) in [6, 6.07) is 29.2. The van der Waals surface area contributed by atoms with Crippen LogP contribution in [0.5, 0.6) is 11.5 Å². The average Bonchev–Trinajstić information content (AvgIpc) is 3.23. The van der Waals surface area contributed by atoms with Gasteiger partial charge in [-0.05, 0) is 80.6 Å². The maximum atomic E-state index is 14.4. The highest BCUT2D eigenvalue weighted by Crippen LogP contribution is 2.59. The number of nitrogens with zero attached hydrogens (tertiary/aromatic N) is 3. The average molecular weight is 644 g/mol. The number of amides is 1. The van der Waals surface area contributed by atoms with Gasteiger partial charge in [-0.1, -0.05) is 42.5 Å². The highest BCUT2D eigenvalue weighted by molar-refractivity contribution is 14.1. The predicted molar refractivity (Wildman–Crippen MR) is 172 cm³/mol. The second-order valence-electron chi connectivity index (χ2n) is 10.2. The number of fused-ring (bicyclic) bond motifs is 6. The molecule has 2 aliphatic rings. The topological polar surface area (TPSA) is 36.0 Å². The Bertz CT molecular complexity index is 1530. The molecule has 0 fully saturated rings. The molecule has 6 rings (SSSR count). The van der Waals surface area contributed by atoms with Crippen molar-refractivity contribution in [2.24, 2.45) is 0 Å². The van der Waals surface area contributed by atoms with Crippen molar-refractivity contribution in [2.45, 2.75) is 33.2 Å². The van der Waals surface area contributed by atoms with Crippen LogP contribution in [-0.4, -0.2) is 32.1 Å². The molecule has 0 aromatic heterocycles. The number of halogens is 1. The van der Waals surface area contributed by atoms with Crippen LogP contribution >= 0.6 is 22.6 Å². The summed E-state index contributed by atoms with van der Waals surface area (Å²) in [6.45, 7) is 12.3. The number of benzene rings is 4. The van der Waals surface area contributed by atoms with Crippen LogP contribution in [0.4, 0.5) is 17.1 Å². The van der Waals surface area contributed by atoms with Gasteiger partial charge >= 0.3 is 0 Å². The van der Waals surface area contributed by atoms with E-state index in [-0.39, 0.29) is 5.91 Å². The van der Waals surface area contributed by atoms with Crippen molar-refractivity contribution in [1.82, 2.24) is 0 Å². The van der Waals surface area contributed by atoms with Gasteiger partial charge in [0.15, 0.2) is 0 Å². The third-order valence-corrected chi connectivity index (χ3v) is 9.28. The van der Waals surface area contributed by atoms with Gasteiger partial charge < -0.3 is 14.5 Å². The molecule has 0 aliphatic carbocycles. The Morgan fingerprint density at radius 1 is 0.700 bits per heavy atom. The molecule has 0 saturated heterocycles. The number of para-hydroxylation sites is 1. The van der Waals surface area contributed by atoms with E-state index in [1.807, 2.05) is 35.2 Å². The molecule has 0 N–H and O–H groups in total. The zero-order valence-corrected chi connectivity index (χ0v) is 25.6. The SMILES string of the molecule is CCN(CC)c1ccc2c(c1)Oc1cc(N(CC)CC)ccc1C21c2ccccc2C(=O)N1c1ccccc1I. The van der Waals surface area contributed by atoms with Crippen molar-refractivity contribution >= 4 is 45.6 Å². The van der Waals surface area contributed by atoms with Crippen molar-refractivity contribution < 1.29 is 9.53 Å². The monoisotopic (exact) mass is 643 g/mol. The fourth-order valence-corrected chi connectivity index (χ4v) is 7.08. The lowest BCUT2D eigenvalue weighted by Crippen LogP contribution is -2.48. The Hall–Kier alpha value is -3.52. The van der Waals surface area contributed by atoms with E-state index < -0.39 is 5.54 Å². The number of anilines is 3. The minimum absolute atomic E-state index is 0.000783. The molecule has 0 bridgehead atoms. The van der Waals surface area contributed by atoms with E-state index >= 15 is 0 Å². The lowest BCUT2D eigenvalue weighted by Gasteiger charge is -2.45. The predicted octanol–water partition coefficient (Wildman–Crippen LogP) is 8.04. The van der Waals surface area contributed by atoms with E-state index in [1.165, 1.54) is 0 Å². The number of ether oxygens (including phenoxy) is 1. The molecule has 6 heteroatoms. The maximum Gasteiger partial charge on any atom is 0.260 e. The summed E-state index contributed by atoms with van der Waals surface area (Å²) in [5.74, 6) is 1.57. The number of hydrogen-bond acceptors (Lipinski definition) is 4. The number of carbonyl (C=O) groups is 1. The summed E-state index contributed by atoms with van der Waals surface area (Å²) in [4.78, 5) is 21.1. The van der Waals surface area contributed by atoms with Crippen molar-refractivity contribution in [3.63, 3.8) is 0 Å². The summed E-state index contributed by atoms with van der Waals surface area (Å²) in [5, 5.41) is 0. The molecule has 5 nitrogen and oxygen atoms in total. The second kappa shape index (κ2) is 10.5. The van der Waals surface area contributed by atoms with Crippen molar-refractivity contribution in [3.05, 3.63) is 111 Å². The molecule has 0 radical (unpaired) electrons. The zero-order chi connectivity index (χ0) is 28.0. The molecule has 0 unspecified atom stereocenters. The third-order valence-electron chi connectivity index (χ3n) is 8.37. The van der Waals surface area contributed by atoms with Crippen LogP contribution in [0, 0.1) is 3.57 Å². The van der Waals surface area contributed by atoms with Crippen LogP contribution in [0.15, 0.2) is 84.9 Å². The van der Waals surface area contributed by atoms with Gasteiger partial charge in [0.1, 0.15) is 17.0 Å². The van der Waals surface area contributed by atoms with Gasteiger partial charge in [-0.15, -0.1) is 0 Å². The zero-order valence-electron chi connectivity index (χ0n) is 23.4. The third kappa shape index (κ3) is 3.83. The Labute approximate surface area is 250 Å². The summed E-state index contributed by atoms with van der Waals surface area (Å²) in [6.07, 6.45) is 0. The Kier molecular flexibility index (Phi) is 6.98. The van der Waals surface area contributed by atoms with Gasteiger partial charge in [-0.25, -0.2) is 0 Å². The van der Waals surface area contributed by atoms with Crippen LogP contribution in [0.2, 0.25) is 0 Å². The molecule has 2 aliphatic heterocycles. The molecular weight excluding hydrogens is 609 g/mol. The first-order valence-electron chi connectivity index (χ1n) is 14.1. The smallest absolute Gasteiger partial charge is 0.260 e. The van der Waals surface area contributed by atoms with Crippen molar-refractivity contribution in [3.8, 4) is 11.5 Å². The summed E-state index contributed by atoms with van der Waals surface area (Å²) in [7, 11) is 0. The van der Waals surface area contributed by atoms with Gasteiger partial charge in [-0.3, -0.25) is 9.69 Å². The Morgan fingerprint density at radius 3 is 1.77 bits per heavy atom. The van der Waals surface area contributed by atoms with Gasteiger partial charge in [0.2, 0.25) is 0 Å². The van der Waals surface area contributed by atoms with Crippen LogP contribution in [0.3, 0.4) is 0 Å². The molecule has 1 amide bonds. The fraction of sp³-hybridized carbons (Fsp3) is 0.265. The highest BCUT2D eigenvalue weighted by Gasteiger charge is 2.57. The van der Waals surface area contributed by atoms with Crippen LogP contribution in [0.25, 0.3) is 0 Å². The first kappa shape index (κ1) is 26.7. The Morgan fingerprint density at radius 2 is 1.23 bits per heavy atom. The van der Waals surface area contributed by atoms with Crippen LogP contribution in [0.1, 0.15) is 54.7 Å². The molecule has 40 heavy (non-hydrogen) atoms. The largest absolute Gasteiger partial charge is 0.456 e. The molecule has 2 heterocycles. The minimum atomic E-state index is -0.874. The highest BCUT2D eigenvalue weighted by atomic mass is 127. The van der Waals surface area contributed by atoms with E-state index in [9.17, 15) is 4.79 Å². The molecule has 204 valence electrons. The summed E-state index contributed by atoms with van der Waals surface area (Å²) in [5.41, 5.74) is 5.90. The van der Waals surface area contributed by atoms with E-state index in [0.717, 1.165) is 80.6 Å².